The summed E-state index contributed by atoms with van der Waals surface area (Å²) in [6, 6.07) is 13.6. The lowest BCUT2D eigenvalue weighted by atomic mass is 9.81. The highest BCUT2D eigenvalue weighted by Gasteiger charge is 2.25. The topological polar surface area (TPSA) is 92.3 Å². The normalized spacial score (nSPS) is 20.2. The van der Waals surface area contributed by atoms with E-state index in [-0.39, 0.29) is 21.6 Å². The second-order valence-corrected chi connectivity index (χ2v) is 11.8. The molecule has 0 radical (unpaired) electrons. The highest BCUT2D eigenvalue weighted by Crippen LogP contribution is 2.29. The summed E-state index contributed by atoms with van der Waals surface area (Å²) in [6.07, 6.45) is 3.65. The summed E-state index contributed by atoms with van der Waals surface area (Å²) in [6.45, 7) is 4.58. The van der Waals surface area contributed by atoms with E-state index in [1.807, 2.05) is 13.8 Å². The van der Waals surface area contributed by atoms with Crippen LogP contribution in [0.2, 0.25) is 0 Å². The Kier molecular flexibility index (Phi) is 7.34. The Morgan fingerprint density at radius 2 is 1.07 bits per heavy atom. The Labute approximate surface area is 180 Å². The summed E-state index contributed by atoms with van der Waals surface area (Å²) in [5.74, 6) is 0.403. The Morgan fingerprint density at radius 1 is 0.700 bits per heavy atom. The van der Waals surface area contributed by atoms with Crippen LogP contribution in [0, 0.1) is 25.7 Å². The minimum absolute atomic E-state index is 0.202. The number of hydrogen-bond donors (Lipinski definition) is 2. The average molecular weight is 451 g/mol. The second-order valence-electron chi connectivity index (χ2n) is 8.23. The van der Waals surface area contributed by atoms with E-state index < -0.39 is 20.0 Å². The highest BCUT2D eigenvalue weighted by molar-refractivity contribution is 7.89. The molecule has 1 aliphatic carbocycles. The summed E-state index contributed by atoms with van der Waals surface area (Å²) in [5.41, 5.74) is 2.02. The summed E-state index contributed by atoms with van der Waals surface area (Å²) in [4.78, 5) is 0.539. The Morgan fingerprint density at radius 3 is 1.43 bits per heavy atom. The Hall–Kier alpha value is -1.74. The van der Waals surface area contributed by atoms with Crippen LogP contribution in [-0.2, 0) is 20.0 Å². The van der Waals surface area contributed by atoms with Crippen molar-refractivity contribution in [3.05, 3.63) is 59.7 Å². The quantitative estimate of drug-likeness (QED) is 0.645. The van der Waals surface area contributed by atoms with Gasteiger partial charge in [-0.3, -0.25) is 0 Å². The van der Waals surface area contributed by atoms with E-state index in [1.165, 1.54) is 0 Å². The SMILES string of the molecule is Cc1ccc(S(=O)(=O)NC[C@H]2CCC[C@H](CNS(=O)(=O)c3ccc(C)cc3)C2)cc1. The second kappa shape index (κ2) is 9.60. The standard InChI is InChI=1S/C22H30N2O4S2/c1-17-6-10-21(11-7-17)29(25,26)23-15-19-4-3-5-20(14-19)16-24-30(27,28)22-12-8-18(2)9-13-22/h6-13,19-20,23-24H,3-5,14-16H2,1-2H3/t19-,20-/m0/s1. The van der Waals surface area contributed by atoms with Crippen molar-refractivity contribution < 1.29 is 16.8 Å². The molecule has 3 rings (SSSR count). The molecule has 164 valence electrons. The number of benzene rings is 2. The molecule has 8 heteroatoms. The molecule has 0 amide bonds. The van der Waals surface area contributed by atoms with Crippen molar-refractivity contribution in [3.8, 4) is 0 Å². The maximum Gasteiger partial charge on any atom is 0.240 e. The minimum Gasteiger partial charge on any atom is -0.211 e. The van der Waals surface area contributed by atoms with Crippen molar-refractivity contribution in [2.45, 2.75) is 49.3 Å². The first-order chi connectivity index (χ1) is 14.2. The molecule has 2 atom stereocenters. The zero-order valence-electron chi connectivity index (χ0n) is 17.5. The first kappa shape index (κ1) is 22.9. The molecule has 2 aromatic rings. The molecule has 2 N–H and O–H groups in total. The minimum atomic E-state index is -3.53. The van der Waals surface area contributed by atoms with Crippen LogP contribution in [0.25, 0.3) is 0 Å². The van der Waals surface area contributed by atoms with Gasteiger partial charge in [-0.25, -0.2) is 26.3 Å². The third kappa shape index (κ3) is 6.14. The number of nitrogens with one attached hydrogen (secondary N) is 2. The first-order valence-corrected chi connectivity index (χ1v) is 13.2. The van der Waals surface area contributed by atoms with E-state index in [2.05, 4.69) is 9.44 Å². The van der Waals surface area contributed by atoms with Gasteiger partial charge in [0.2, 0.25) is 20.0 Å². The van der Waals surface area contributed by atoms with Crippen molar-refractivity contribution >= 4 is 20.0 Å². The van der Waals surface area contributed by atoms with Gasteiger partial charge < -0.3 is 0 Å². The highest BCUT2D eigenvalue weighted by atomic mass is 32.2. The van der Waals surface area contributed by atoms with Crippen LogP contribution in [0.4, 0.5) is 0 Å². The van der Waals surface area contributed by atoms with E-state index in [9.17, 15) is 16.8 Å². The fraction of sp³-hybridized carbons (Fsp3) is 0.455. The molecule has 0 spiro atoms. The molecule has 6 nitrogen and oxygen atoms in total. The van der Waals surface area contributed by atoms with Crippen molar-refractivity contribution in [2.75, 3.05) is 13.1 Å². The average Bonchev–Trinajstić information content (AvgIpc) is 2.72. The van der Waals surface area contributed by atoms with Crippen LogP contribution in [-0.4, -0.2) is 29.9 Å². The summed E-state index contributed by atoms with van der Waals surface area (Å²) in [7, 11) is -7.06. The van der Waals surface area contributed by atoms with Gasteiger partial charge in [-0.15, -0.1) is 0 Å². The molecule has 1 aliphatic rings. The van der Waals surface area contributed by atoms with Crippen molar-refractivity contribution in [3.63, 3.8) is 0 Å². The molecular weight excluding hydrogens is 420 g/mol. The van der Waals surface area contributed by atoms with Crippen LogP contribution in [0.1, 0.15) is 36.8 Å². The van der Waals surface area contributed by atoms with Gasteiger partial charge in [0, 0.05) is 13.1 Å². The van der Waals surface area contributed by atoms with Crippen molar-refractivity contribution in [1.29, 1.82) is 0 Å². The Bertz CT molecular complexity index is 962. The van der Waals surface area contributed by atoms with Gasteiger partial charge in [0.05, 0.1) is 9.79 Å². The van der Waals surface area contributed by atoms with E-state index in [0.29, 0.717) is 13.1 Å². The van der Waals surface area contributed by atoms with Gasteiger partial charge in [0.25, 0.3) is 0 Å². The molecule has 2 aromatic carbocycles. The molecule has 0 aliphatic heterocycles. The van der Waals surface area contributed by atoms with Crippen LogP contribution >= 0.6 is 0 Å². The van der Waals surface area contributed by atoms with Gasteiger partial charge in [-0.05, 0) is 69.2 Å². The zero-order chi connectivity index (χ0) is 21.8. The molecule has 0 bridgehead atoms. The lowest BCUT2D eigenvalue weighted by molar-refractivity contribution is 0.268. The third-order valence-electron chi connectivity index (χ3n) is 5.68. The molecule has 0 saturated heterocycles. The van der Waals surface area contributed by atoms with Gasteiger partial charge in [-0.2, -0.15) is 0 Å². The Balaban J connectivity index is 1.52. The van der Waals surface area contributed by atoms with Crippen molar-refractivity contribution in [1.82, 2.24) is 9.44 Å². The lowest BCUT2D eigenvalue weighted by Crippen LogP contribution is -2.35. The van der Waals surface area contributed by atoms with Gasteiger partial charge >= 0.3 is 0 Å². The summed E-state index contributed by atoms with van der Waals surface area (Å²) in [5, 5.41) is 0. The number of sulfonamides is 2. The van der Waals surface area contributed by atoms with Crippen LogP contribution < -0.4 is 9.44 Å². The van der Waals surface area contributed by atoms with E-state index in [1.54, 1.807) is 48.5 Å². The first-order valence-electron chi connectivity index (χ1n) is 10.3. The number of rotatable bonds is 8. The molecule has 0 heterocycles. The van der Waals surface area contributed by atoms with E-state index in [4.69, 9.17) is 0 Å². The lowest BCUT2D eigenvalue weighted by Gasteiger charge is -2.29. The summed E-state index contributed by atoms with van der Waals surface area (Å²) >= 11 is 0. The molecule has 0 unspecified atom stereocenters. The van der Waals surface area contributed by atoms with Crippen LogP contribution in [0.15, 0.2) is 58.3 Å². The van der Waals surface area contributed by atoms with Crippen molar-refractivity contribution in [2.24, 2.45) is 11.8 Å². The van der Waals surface area contributed by atoms with E-state index >= 15 is 0 Å². The molecule has 30 heavy (non-hydrogen) atoms. The predicted molar refractivity (Wildman–Crippen MR) is 118 cm³/mol. The van der Waals surface area contributed by atoms with Gasteiger partial charge in [0.15, 0.2) is 0 Å². The molecule has 1 saturated carbocycles. The fourth-order valence-electron chi connectivity index (χ4n) is 3.83. The molecule has 1 fully saturated rings. The monoisotopic (exact) mass is 450 g/mol. The number of hydrogen-bond acceptors (Lipinski definition) is 4. The predicted octanol–water partition coefficient (Wildman–Crippen LogP) is 3.37. The number of aryl methyl sites for hydroxylation is 2. The fourth-order valence-corrected chi connectivity index (χ4v) is 6.06. The third-order valence-corrected chi connectivity index (χ3v) is 8.56. The van der Waals surface area contributed by atoms with Gasteiger partial charge in [-0.1, -0.05) is 41.8 Å². The maximum atomic E-state index is 12.5. The summed E-state index contributed by atoms with van der Waals surface area (Å²) < 4.78 is 55.5. The maximum absolute atomic E-state index is 12.5. The molecule has 0 aromatic heterocycles. The van der Waals surface area contributed by atoms with Gasteiger partial charge in [0.1, 0.15) is 0 Å². The largest absolute Gasteiger partial charge is 0.240 e. The smallest absolute Gasteiger partial charge is 0.211 e. The van der Waals surface area contributed by atoms with E-state index in [0.717, 1.165) is 36.8 Å². The molecular formula is C22H30N2O4S2. The zero-order valence-corrected chi connectivity index (χ0v) is 19.1. The van der Waals surface area contributed by atoms with Crippen LogP contribution in [0.3, 0.4) is 0 Å². The van der Waals surface area contributed by atoms with Crippen LogP contribution in [0.5, 0.6) is 0 Å².